The Kier molecular flexibility index (Phi) is 7.42. The van der Waals surface area contributed by atoms with E-state index in [9.17, 15) is 4.79 Å². The maximum Gasteiger partial charge on any atom is 0.250 e. The molecule has 3 aromatic rings. The van der Waals surface area contributed by atoms with E-state index >= 15 is 0 Å². The summed E-state index contributed by atoms with van der Waals surface area (Å²) in [6.45, 7) is 3.98. The molecule has 7 heteroatoms. The van der Waals surface area contributed by atoms with Crippen molar-refractivity contribution in [1.82, 2.24) is 9.99 Å². The molecule has 0 radical (unpaired) electrons. The van der Waals surface area contributed by atoms with Crippen LogP contribution in [-0.4, -0.2) is 22.4 Å². The van der Waals surface area contributed by atoms with Gasteiger partial charge in [0.05, 0.1) is 22.7 Å². The Hall–Kier alpha value is -2.21. The van der Waals surface area contributed by atoms with Crippen molar-refractivity contribution in [2.75, 3.05) is 5.75 Å². The molecular formula is C22H21Cl2N3OS. The largest absolute Gasteiger partial charge is 0.316 e. The third kappa shape index (κ3) is 5.66. The molecule has 0 atom stereocenters. The van der Waals surface area contributed by atoms with Crippen LogP contribution in [0.15, 0.2) is 59.7 Å². The van der Waals surface area contributed by atoms with E-state index in [4.69, 9.17) is 23.2 Å². The van der Waals surface area contributed by atoms with Gasteiger partial charge in [-0.3, -0.25) is 4.79 Å². The van der Waals surface area contributed by atoms with Gasteiger partial charge in [-0.05, 0) is 43.7 Å². The van der Waals surface area contributed by atoms with E-state index in [1.165, 1.54) is 5.56 Å². The summed E-state index contributed by atoms with van der Waals surface area (Å²) < 4.78 is 2.04. The molecule has 0 unspecified atom stereocenters. The fraction of sp³-hybridized carbons (Fsp3) is 0.182. The smallest absolute Gasteiger partial charge is 0.250 e. The van der Waals surface area contributed by atoms with Crippen molar-refractivity contribution >= 4 is 47.1 Å². The first-order valence-electron chi connectivity index (χ1n) is 9.03. The van der Waals surface area contributed by atoms with Crippen molar-refractivity contribution in [3.05, 3.63) is 87.2 Å². The molecule has 1 N–H and O–H groups in total. The summed E-state index contributed by atoms with van der Waals surface area (Å²) in [4.78, 5) is 12.0. The summed E-state index contributed by atoms with van der Waals surface area (Å²) in [6, 6.07) is 17.5. The summed E-state index contributed by atoms with van der Waals surface area (Å²) in [5, 5.41) is 5.28. The van der Waals surface area contributed by atoms with Crippen LogP contribution < -0.4 is 5.43 Å². The lowest BCUT2D eigenvalue weighted by Gasteiger charge is -2.11. The second-order valence-electron chi connectivity index (χ2n) is 6.53. The number of aryl methyl sites for hydroxylation is 1. The van der Waals surface area contributed by atoms with Gasteiger partial charge < -0.3 is 4.57 Å². The SMILES string of the molecule is Cc1cc(/C=N\NC(=O)CSCc2ccccc2)c(C)n1-c1ccc(Cl)cc1Cl. The van der Waals surface area contributed by atoms with E-state index in [2.05, 4.69) is 10.5 Å². The Morgan fingerprint density at radius 3 is 2.62 bits per heavy atom. The molecule has 0 fully saturated rings. The van der Waals surface area contributed by atoms with Gasteiger partial charge >= 0.3 is 0 Å². The highest BCUT2D eigenvalue weighted by molar-refractivity contribution is 7.99. The minimum Gasteiger partial charge on any atom is -0.316 e. The number of thioether (sulfide) groups is 1. The van der Waals surface area contributed by atoms with E-state index < -0.39 is 0 Å². The highest BCUT2D eigenvalue weighted by atomic mass is 35.5. The van der Waals surface area contributed by atoms with Crippen LogP contribution in [0.1, 0.15) is 22.5 Å². The number of halogens is 2. The molecule has 29 heavy (non-hydrogen) atoms. The first-order valence-corrected chi connectivity index (χ1v) is 10.9. The fourth-order valence-corrected chi connectivity index (χ4v) is 4.27. The molecule has 2 aromatic carbocycles. The molecule has 0 aliphatic heterocycles. The Morgan fingerprint density at radius 1 is 1.14 bits per heavy atom. The molecule has 1 heterocycles. The standard InChI is InChI=1S/C22H21Cl2N3OS/c1-15-10-18(16(2)27(15)21-9-8-19(23)11-20(21)24)12-25-26-22(28)14-29-13-17-6-4-3-5-7-17/h3-12H,13-14H2,1-2H3,(H,26,28)/b25-12-. The third-order valence-corrected chi connectivity index (χ3v) is 5.90. The van der Waals surface area contributed by atoms with Crippen LogP contribution in [0.2, 0.25) is 10.0 Å². The number of hydrogen-bond acceptors (Lipinski definition) is 3. The maximum atomic E-state index is 12.0. The van der Waals surface area contributed by atoms with Crippen molar-refractivity contribution in [2.45, 2.75) is 19.6 Å². The van der Waals surface area contributed by atoms with Crippen LogP contribution in [0, 0.1) is 13.8 Å². The Labute approximate surface area is 184 Å². The van der Waals surface area contributed by atoms with Gasteiger partial charge in [0, 0.05) is 27.7 Å². The van der Waals surface area contributed by atoms with Crippen molar-refractivity contribution < 1.29 is 4.79 Å². The summed E-state index contributed by atoms with van der Waals surface area (Å²) in [6.07, 6.45) is 1.66. The molecule has 0 bridgehead atoms. The number of carbonyl (C=O) groups is 1. The quantitative estimate of drug-likeness (QED) is 0.369. The Morgan fingerprint density at radius 2 is 1.90 bits per heavy atom. The molecule has 1 amide bonds. The molecule has 3 rings (SSSR count). The zero-order valence-corrected chi connectivity index (χ0v) is 18.5. The predicted octanol–water partition coefficient (Wildman–Crippen LogP) is 5.78. The molecule has 1 aromatic heterocycles. The number of carbonyl (C=O) groups excluding carboxylic acids is 1. The number of amides is 1. The summed E-state index contributed by atoms with van der Waals surface area (Å²) in [7, 11) is 0. The van der Waals surface area contributed by atoms with Crippen LogP contribution in [0.4, 0.5) is 0 Å². The lowest BCUT2D eigenvalue weighted by Crippen LogP contribution is -2.19. The number of hydrogen-bond donors (Lipinski definition) is 1. The van der Waals surface area contributed by atoms with Gasteiger partial charge in [0.1, 0.15) is 0 Å². The van der Waals surface area contributed by atoms with Gasteiger partial charge in [0.25, 0.3) is 0 Å². The molecule has 0 saturated heterocycles. The van der Waals surface area contributed by atoms with Crippen LogP contribution in [0.5, 0.6) is 0 Å². The number of rotatable bonds is 7. The average molecular weight is 446 g/mol. The van der Waals surface area contributed by atoms with Crippen LogP contribution >= 0.6 is 35.0 Å². The van der Waals surface area contributed by atoms with Gasteiger partial charge in [0.15, 0.2) is 0 Å². The molecule has 4 nitrogen and oxygen atoms in total. The normalized spacial score (nSPS) is 11.2. The van der Waals surface area contributed by atoms with Gasteiger partial charge in [-0.2, -0.15) is 5.10 Å². The lowest BCUT2D eigenvalue weighted by atomic mass is 10.2. The zero-order chi connectivity index (χ0) is 20.8. The number of hydrazone groups is 1. The van der Waals surface area contributed by atoms with E-state index in [-0.39, 0.29) is 5.91 Å². The van der Waals surface area contributed by atoms with E-state index in [0.29, 0.717) is 15.8 Å². The van der Waals surface area contributed by atoms with Crippen LogP contribution in [-0.2, 0) is 10.5 Å². The molecule has 150 valence electrons. The van der Waals surface area contributed by atoms with Gasteiger partial charge in [0.2, 0.25) is 5.91 Å². The minimum atomic E-state index is -0.128. The number of nitrogens with one attached hydrogen (secondary N) is 1. The van der Waals surface area contributed by atoms with Crippen LogP contribution in [0.3, 0.4) is 0 Å². The first-order chi connectivity index (χ1) is 14.0. The second kappa shape index (κ2) is 10.0. The topological polar surface area (TPSA) is 46.4 Å². The second-order valence-corrected chi connectivity index (χ2v) is 8.36. The molecule has 0 aliphatic rings. The number of nitrogens with zero attached hydrogens (tertiary/aromatic N) is 2. The minimum absolute atomic E-state index is 0.128. The van der Waals surface area contributed by atoms with Crippen molar-refractivity contribution in [3.63, 3.8) is 0 Å². The molecular weight excluding hydrogens is 425 g/mol. The van der Waals surface area contributed by atoms with E-state index in [0.717, 1.165) is 28.4 Å². The molecule has 0 saturated carbocycles. The Balaban J connectivity index is 1.60. The Bertz CT molecular complexity index is 1030. The van der Waals surface area contributed by atoms with Gasteiger partial charge in [-0.25, -0.2) is 5.43 Å². The van der Waals surface area contributed by atoms with Crippen LogP contribution in [0.25, 0.3) is 5.69 Å². The molecule has 0 aliphatic carbocycles. The highest BCUT2D eigenvalue weighted by Crippen LogP contribution is 2.28. The number of benzene rings is 2. The third-order valence-electron chi connectivity index (χ3n) is 4.36. The zero-order valence-electron chi connectivity index (χ0n) is 16.2. The summed E-state index contributed by atoms with van der Waals surface area (Å²) in [5.41, 5.74) is 7.53. The maximum absolute atomic E-state index is 12.0. The molecule has 0 spiro atoms. The lowest BCUT2D eigenvalue weighted by molar-refractivity contribution is -0.118. The highest BCUT2D eigenvalue weighted by Gasteiger charge is 2.12. The fourth-order valence-electron chi connectivity index (χ4n) is 2.99. The van der Waals surface area contributed by atoms with Gasteiger partial charge in [-0.15, -0.1) is 11.8 Å². The summed E-state index contributed by atoms with van der Waals surface area (Å²) >= 11 is 13.9. The van der Waals surface area contributed by atoms with Crippen molar-refractivity contribution in [1.29, 1.82) is 0 Å². The van der Waals surface area contributed by atoms with Crippen molar-refractivity contribution in [3.8, 4) is 5.69 Å². The van der Waals surface area contributed by atoms with Crippen molar-refractivity contribution in [2.24, 2.45) is 5.10 Å². The monoisotopic (exact) mass is 445 g/mol. The van der Waals surface area contributed by atoms with Gasteiger partial charge in [-0.1, -0.05) is 53.5 Å². The predicted molar refractivity (Wildman–Crippen MR) is 124 cm³/mol. The first kappa shape index (κ1) is 21.5. The number of aromatic nitrogens is 1. The average Bonchev–Trinajstić information content (AvgIpc) is 2.96. The summed E-state index contributed by atoms with van der Waals surface area (Å²) in [5.74, 6) is 1.02. The van der Waals surface area contributed by atoms with E-state index in [1.807, 2.05) is 66.9 Å². The van der Waals surface area contributed by atoms with E-state index in [1.54, 1.807) is 24.0 Å².